The van der Waals surface area contributed by atoms with E-state index in [9.17, 15) is 0 Å². The lowest BCUT2D eigenvalue weighted by atomic mass is 10.1. The Kier molecular flexibility index (Phi) is 2.11. The fourth-order valence-corrected chi connectivity index (χ4v) is 1.21. The summed E-state index contributed by atoms with van der Waals surface area (Å²) in [5.41, 5.74) is 1.43. The fourth-order valence-electron chi connectivity index (χ4n) is 1.21. The van der Waals surface area contributed by atoms with Gasteiger partial charge in [-0.1, -0.05) is 0 Å². The molecule has 1 saturated heterocycles. The highest BCUT2D eigenvalue weighted by molar-refractivity contribution is 5.47. The summed E-state index contributed by atoms with van der Waals surface area (Å²) in [6, 6.07) is 6.14. The van der Waals surface area contributed by atoms with Crippen LogP contribution in [0.3, 0.4) is 0 Å². The summed E-state index contributed by atoms with van der Waals surface area (Å²) in [7, 11) is 0. The highest BCUT2D eigenvalue weighted by atomic mass is 15.1. The van der Waals surface area contributed by atoms with Crippen LogP contribution < -0.4 is 10.6 Å². The first-order chi connectivity index (χ1) is 6.38. The van der Waals surface area contributed by atoms with Crippen molar-refractivity contribution >= 4 is 5.69 Å². The van der Waals surface area contributed by atoms with Gasteiger partial charge in [0, 0.05) is 25.0 Å². The maximum absolute atomic E-state index is 8.61. The topological polar surface area (TPSA) is 60.7 Å². The van der Waals surface area contributed by atoms with E-state index in [4.69, 9.17) is 5.26 Å². The van der Waals surface area contributed by atoms with Crippen LogP contribution in [0.5, 0.6) is 0 Å². The number of hydrogen-bond acceptors (Lipinski definition) is 4. The molecule has 0 bridgehead atoms. The smallest absolute Gasteiger partial charge is 0.142 e. The minimum Gasteiger partial charge on any atom is -0.380 e. The zero-order chi connectivity index (χ0) is 9.10. The Hall–Kier alpha value is -1.60. The van der Waals surface area contributed by atoms with Crippen LogP contribution in [0.15, 0.2) is 18.3 Å². The number of rotatable bonds is 2. The van der Waals surface area contributed by atoms with E-state index in [0.29, 0.717) is 11.7 Å². The van der Waals surface area contributed by atoms with Gasteiger partial charge in [0.05, 0.1) is 6.04 Å². The van der Waals surface area contributed by atoms with E-state index in [-0.39, 0.29) is 0 Å². The summed E-state index contributed by atoms with van der Waals surface area (Å²) in [5, 5.41) is 15.1. The van der Waals surface area contributed by atoms with Gasteiger partial charge >= 0.3 is 0 Å². The molecule has 66 valence electrons. The van der Waals surface area contributed by atoms with Gasteiger partial charge in [0.25, 0.3) is 0 Å². The van der Waals surface area contributed by atoms with E-state index in [1.807, 2.05) is 12.1 Å². The van der Waals surface area contributed by atoms with Crippen molar-refractivity contribution in [1.29, 1.82) is 5.26 Å². The van der Waals surface area contributed by atoms with E-state index in [2.05, 4.69) is 15.6 Å². The van der Waals surface area contributed by atoms with Crippen molar-refractivity contribution in [1.82, 2.24) is 10.3 Å². The summed E-state index contributed by atoms with van der Waals surface area (Å²) < 4.78 is 0. The van der Waals surface area contributed by atoms with Gasteiger partial charge in [-0.15, -0.1) is 0 Å². The molecule has 0 aliphatic carbocycles. The Morgan fingerprint density at radius 1 is 1.62 bits per heavy atom. The van der Waals surface area contributed by atoms with E-state index in [0.717, 1.165) is 18.8 Å². The van der Waals surface area contributed by atoms with Crippen LogP contribution in [-0.2, 0) is 0 Å². The largest absolute Gasteiger partial charge is 0.380 e. The summed E-state index contributed by atoms with van der Waals surface area (Å²) in [5.74, 6) is 0. The quantitative estimate of drug-likeness (QED) is 0.678. The molecule has 2 rings (SSSR count). The molecule has 0 amide bonds. The third kappa shape index (κ3) is 1.76. The highest BCUT2D eigenvalue weighted by Crippen LogP contribution is 2.10. The van der Waals surface area contributed by atoms with Gasteiger partial charge in [-0.2, -0.15) is 5.26 Å². The van der Waals surface area contributed by atoms with Crippen molar-refractivity contribution in [3.63, 3.8) is 0 Å². The highest BCUT2D eigenvalue weighted by Gasteiger charge is 2.15. The Bertz CT molecular complexity index is 338. The Balaban J connectivity index is 2.07. The molecule has 2 heterocycles. The zero-order valence-corrected chi connectivity index (χ0v) is 7.12. The van der Waals surface area contributed by atoms with E-state index >= 15 is 0 Å². The molecule has 13 heavy (non-hydrogen) atoms. The van der Waals surface area contributed by atoms with Crippen LogP contribution in [0.2, 0.25) is 0 Å². The molecule has 4 nitrogen and oxygen atoms in total. The maximum Gasteiger partial charge on any atom is 0.142 e. The standard InChI is InChI=1S/C9H10N4/c10-4-8-3-7(1-2-12-8)13-9-5-11-6-9/h1-3,9,11H,5-6H2,(H,12,13). The summed E-state index contributed by atoms with van der Waals surface area (Å²) >= 11 is 0. The van der Waals surface area contributed by atoms with Crippen LogP contribution in [0.4, 0.5) is 5.69 Å². The molecular formula is C9H10N4. The molecule has 4 heteroatoms. The molecule has 1 aromatic heterocycles. The van der Waals surface area contributed by atoms with E-state index in [1.54, 1.807) is 12.3 Å². The van der Waals surface area contributed by atoms with Crippen molar-refractivity contribution < 1.29 is 0 Å². The lowest BCUT2D eigenvalue weighted by Gasteiger charge is -2.28. The average Bonchev–Trinajstić information content (AvgIpc) is 2.12. The second kappa shape index (κ2) is 3.42. The van der Waals surface area contributed by atoms with Crippen molar-refractivity contribution in [2.24, 2.45) is 0 Å². The normalized spacial score (nSPS) is 15.9. The molecule has 0 aromatic carbocycles. The average molecular weight is 174 g/mol. The molecular weight excluding hydrogens is 164 g/mol. The minimum atomic E-state index is 0.456. The number of hydrogen-bond donors (Lipinski definition) is 2. The Morgan fingerprint density at radius 2 is 2.46 bits per heavy atom. The van der Waals surface area contributed by atoms with Crippen molar-refractivity contribution in [3.8, 4) is 6.07 Å². The number of anilines is 1. The maximum atomic E-state index is 8.61. The predicted molar refractivity (Wildman–Crippen MR) is 49.2 cm³/mol. The molecule has 1 aliphatic rings. The molecule has 0 atom stereocenters. The molecule has 2 N–H and O–H groups in total. The monoisotopic (exact) mass is 174 g/mol. The van der Waals surface area contributed by atoms with Crippen LogP contribution >= 0.6 is 0 Å². The molecule has 0 radical (unpaired) electrons. The van der Waals surface area contributed by atoms with Crippen molar-refractivity contribution in [2.45, 2.75) is 6.04 Å². The third-order valence-electron chi connectivity index (χ3n) is 2.03. The second-order valence-electron chi connectivity index (χ2n) is 3.04. The van der Waals surface area contributed by atoms with E-state index in [1.165, 1.54) is 0 Å². The second-order valence-corrected chi connectivity index (χ2v) is 3.04. The van der Waals surface area contributed by atoms with Crippen LogP contribution in [0, 0.1) is 11.3 Å². The summed E-state index contributed by atoms with van der Waals surface area (Å²) in [6.07, 6.45) is 1.65. The lowest BCUT2D eigenvalue weighted by Crippen LogP contribution is -2.51. The molecule has 1 aliphatic heterocycles. The predicted octanol–water partition coefficient (Wildman–Crippen LogP) is 0.337. The van der Waals surface area contributed by atoms with Gasteiger partial charge in [-0.3, -0.25) is 0 Å². The molecule has 0 unspecified atom stereocenters. The number of nitrogens with zero attached hydrogens (tertiary/aromatic N) is 2. The summed E-state index contributed by atoms with van der Waals surface area (Å²) in [4.78, 5) is 3.89. The first-order valence-electron chi connectivity index (χ1n) is 4.22. The van der Waals surface area contributed by atoms with E-state index < -0.39 is 0 Å². The van der Waals surface area contributed by atoms with Gasteiger partial charge < -0.3 is 10.6 Å². The SMILES string of the molecule is N#Cc1cc(NC2CNC2)ccn1. The number of aromatic nitrogens is 1. The zero-order valence-electron chi connectivity index (χ0n) is 7.12. The Labute approximate surface area is 76.6 Å². The van der Waals surface area contributed by atoms with Crippen LogP contribution in [0.1, 0.15) is 5.69 Å². The lowest BCUT2D eigenvalue weighted by molar-refractivity contribution is 0.472. The van der Waals surface area contributed by atoms with Crippen molar-refractivity contribution in [3.05, 3.63) is 24.0 Å². The van der Waals surface area contributed by atoms with Crippen LogP contribution in [0.25, 0.3) is 0 Å². The van der Waals surface area contributed by atoms with Crippen LogP contribution in [-0.4, -0.2) is 24.1 Å². The van der Waals surface area contributed by atoms with Gasteiger partial charge in [-0.05, 0) is 12.1 Å². The van der Waals surface area contributed by atoms with Gasteiger partial charge in [-0.25, -0.2) is 4.98 Å². The molecule has 1 fully saturated rings. The summed E-state index contributed by atoms with van der Waals surface area (Å²) in [6.45, 7) is 1.98. The van der Waals surface area contributed by atoms with Gasteiger partial charge in [0.15, 0.2) is 0 Å². The van der Waals surface area contributed by atoms with Crippen molar-refractivity contribution in [2.75, 3.05) is 18.4 Å². The molecule has 0 saturated carbocycles. The molecule has 0 spiro atoms. The fraction of sp³-hybridized carbons (Fsp3) is 0.333. The number of pyridine rings is 1. The minimum absolute atomic E-state index is 0.456. The third-order valence-corrected chi connectivity index (χ3v) is 2.03. The Morgan fingerprint density at radius 3 is 3.08 bits per heavy atom. The molecule has 1 aromatic rings. The number of nitrogens with one attached hydrogen (secondary N) is 2. The number of nitriles is 1. The van der Waals surface area contributed by atoms with Gasteiger partial charge in [0.1, 0.15) is 11.8 Å². The first kappa shape index (κ1) is 8.02. The first-order valence-corrected chi connectivity index (χ1v) is 4.22. The van der Waals surface area contributed by atoms with Gasteiger partial charge in [0.2, 0.25) is 0 Å².